The topological polar surface area (TPSA) is 105 Å². The molecule has 48 heavy (non-hydrogen) atoms. The third-order valence-corrected chi connectivity index (χ3v) is 8.14. The van der Waals surface area contributed by atoms with Gasteiger partial charge in [0.05, 0.1) is 39.9 Å². The number of amides is 1. The zero-order chi connectivity index (χ0) is 35.8. The average Bonchev–Trinajstić information content (AvgIpc) is 3.02. The van der Waals surface area contributed by atoms with Gasteiger partial charge in [0.25, 0.3) is 0 Å². The summed E-state index contributed by atoms with van der Waals surface area (Å²) in [7, 11) is 1.55. The Morgan fingerprint density at radius 3 is 1.67 bits per heavy atom. The molecule has 274 valence electrons. The summed E-state index contributed by atoms with van der Waals surface area (Å²) < 4.78 is 23.2. The molecule has 3 N–H and O–H groups in total. The Bertz CT molecular complexity index is 1060. The maximum atomic E-state index is 12.6. The number of hydrogen-bond donors (Lipinski definition) is 3. The molecule has 0 aliphatic carbocycles. The number of aliphatic hydroxyl groups excluding tert-OH is 1. The van der Waals surface area contributed by atoms with E-state index in [1.54, 1.807) is 0 Å². The fourth-order valence-electron chi connectivity index (χ4n) is 4.27. The number of hydrogen-bond acceptors (Lipinski definition) is 5. The molecule has 0 aliphatic rings. The lowest BCUT2D eigenvalue weighted by Crippen LogP contribution is -2.46. The molecule has 3 unspecified atom stereocenters. The zero-order valence-corrected chi connectivity index (χ0v) is 31.6. The molecule has 3 atom stereocenters. The standard InChI is InChI=1S/C39H67N2O6P/c1-6-8-10-11-12-13-14-15-16-17-18-19-20-21-22-23-24-25-26-27-28-29-31-33-39(43)40-37(38(42)32-30-9-7-2)36-47-48(44,45)46-35-34-41(3,4)5/h8,10,12-13,15-16,18-19,21-22,24-25,27-28,37-38,42H,6-7,9,11,14,17,20,23,26,29-36H2,1-5H3,(H-,40,43,44,45)/p+1/b10-8-,13-12-,16-15-,19-18-,22-21-,25-24-,28-27-. The van der Waals surface area contributed by atoms with Gasteiger partial charge in [-0.3, -0.25) is 13.8 Å². The van der Waals surface area contributed by atoms with Crippen LogP contribution >= 0.6 is 7.82 Å². The van der Waals surface area contributed by atoms with Crippen LogP contribution in [0.1, 0.15) is 104 Å². The lowest BCUT2D eigenvalue weighted by atomic mass is 10.0. The minimum absolute atomic E-state index is 0.0565. The normalized spacial score (nSPS) is 15.7. The molecule has 8 nitrogen and oxygen atoms in total. The van der Waals surface area contributed by atoms with Gasteiger partial charge in [0.1, 0.15) is 13.2 Å². The number of unbranched alkanes of at least 4 members (excludes halogenated alkanes) is 3. The highest BCUT2D eigenvalue weighted by molar-refractivity contribution is 7.47. The van der Waals surface area contributed by atoms with E-state index in [2.05, 4.69) is 104 Å². The Hall–Kier alpha value is -2.32. The van der Waals surface area contributed by atoms with Crippen molar-refractivity contribution in [3.05, 3.63) is 85.1 Å². The first-order chi connectivity index (χ1) is 23.0. The summed E-state index contributed by atoms with van der Waals surface area (Å²) in [6, 6.07) is -0.791. The number of quaternary nitrogens is 1. The predicted octanol–water partition coefficient (Wildman–Crippen LogP) is 9.07. The Balaban J connectivity index is 4.27. The van der Waals surface area contributed by atoms with Crippen molar-refractivity contribution < 1.29 is 32.9 Å². The van der Waals surface area contributed by atoms with Crippen molar-refractivity contribution in [3.8, 4) is 0 Å². The van der Waals surface area contributed by atoms with E-state index in [9.17, 15) is 19.4 Å². The van der Waals surface area contributed by atoms with Crippen LogP contribution in [0.15, 0.2) is 85.1 Å². The summed E-state index contributed by atoms with van der Waals surface area (Å²) in [5.74, 6) is -0.220. The largest absolute Gasteiger partial charge is 0.472 e. The molecule has 0 aliphatic heterocycles. The highest BCUT2D eigenvalue weighted by Crippen LogP contribution is 2.43. The number of carbonyl (C=O) groups excluding carboxylic acids is 1. The summed E-state index contributed by atoms with van der Waals surface area (Å²) >= 11 is 0. The molecule has 0 saturated heterocycles. The van der Waals surface area contributed by atoms with E-state index < -0.39 is 20.0 Å². The zero-order valence-electron chi connectivity index (χ0n) is 30.7. The molecule has 0 fully saturated rings. The van der Waals surface area contributed by atoms with Crippen LogP contribution < -0.4 is 5.32 Å². The van der Waals surface area contributed by atoms with Gasteiger partial charge in [0.15, 0.2) is 0 Å². The Labute approximate surface area is 293 Å². The average molecular weight is 692 g/mol. The number of carbonyl (C=O) groups is 1. The van der Waals surface area contributed by atoms with E-state index in [0.717, 1.165) is 70.6 Å². The van der Waals surface area contributed by atoms with E-state index >= 15 is 0 Å². The first kappa shape index (κ1) is 45.7. The first-order valence-corrected chi connectivity index (χ1v) is 19.4. The molecule has 0 aromatic heterocycles. The highest BCUT2D eigenvalue weighted by atomic mass is 31.2. The number of phosphoric acid groups is 1. The summed E-state index contributed by atoms with van der Waals surface area (Å²) in [5, 5.41) is 13.5. The summed E-state index contributed by atoms with van der Waals surface area (Å²) in [6.07, 6.45) is 41.3. The van der Waals surface area contributed by atoms with Gasteiger partial charge < -0.3 is 19.8 Å². The number of likely N-dealkylation sites (N-methyl/N-ethyl adjacent to an activating group) is 1. The Morgan fingerprint density at radius 2 is 1.21 bits per heavy atom. The third-order valence-electron chi connectivity index (χ3n) is 7.16. The van der Waals surface area contributed by atoms with Gasteiger partial charge in [0, 0.05) is 6.42 Å². The van der Waals surface area contributed by atoms with Crippen LogP contribution in [0, 0.1) is 0 Å². The van der Waals surface area contributed by atoms with Crippen molar-refractivity contribution >= 4 is 13.7 Å². The number of rotatable bonds is 30. The molecular formula is C39H68N2O6P+. The minimum Gasteiger partial charge on any atom is -0.391 e. The maximum Gasteiger partial charge on any atom is 0.472 e. The van der Waals surface area contributed by atoms with Gasteiger partial charge in [-0.2, -0.15) is 0 Å². The monoisotopic (exact) mass is 691 g/mol. The molecular weight excluding hydrogens is 623 g/mol. The lowest BCUT2D eigenvalue weighted by molar-refractivity contribution is -0.870. The predicted molar refractivity (Wildman–Crippen MR) is 203 cm³/mol. The van der Waals surface area contributed by atoms with Gasteiger partial charge in [-0.15, -0.1) is 0 Å². The summed E-state index contributed by atoms with van der Waals surface area (Å²) in [5.41, 5.74) is 0. The molecule has 0 bridgehead atoms. The second-order valence-electron chi connectivity index (χ2n) is 12.9. The SMILES string of the molecule is CC/C=C\C/C=C\C/C=C\C/C=C\C/C=C\C/C=C\C/C=C\CCCC(=O)NC(COP(=O)(O)OCC[N+](C)(C)C)C(O)CCCCC. The van der Waals surface area contributed by atoms with Crippen molar-refractivity contribution in [3.63, 3.8) is 0 Å². The van der Waals surface area contributed by atoms with Crippen molar-refractivity contribution in [2.45, 2.75) is 116 Å². The fraction of sp³-hybridized carbons (Fsp3) is 0.615. The van der Waals surface area contributed by atoms with Gasteiger partial charge in [0.2, 0.25) is 5.91 Å². The number of aliphatic hydroxyl groups is 1. The van der Waals surface area contributed by atoms with E-state index in [4.69, 9.17) is 9.05 Å². The van der Waals surface area contributed by atoms with Crippen LogP contribution in [0.25, 0.3) is 0 Å². The van der Waals surface area contributed by atoms with Crippen LogP contribution in [0.5, 0.6) is 0 Å². The van der Waals surface area contributed by atoms with Gasteiger partial charge in [-0.1, -0.05) is 118 Å². The van der Waals surface area contributed by atoms with Crippen LogP contribution in [-0.2, 0) is 18.4 Å². The number of nitrogens with one attached hydrogen (secondary N) is 1. The molecule has 0 rings (SSSR count). The number of allylic oxidation sites excluding steroid dienone is 14. The van der Waals surface area contributed by atoms with E-state index in [1.807, 2.05) is 21.1 Å². The van der Waals surface area contributed by atoms with Crippen LogP contribution in [0.2, 0.25) is 0 Å². The molecule has 0 heterocycles. The highest BCUT2D eigenvalue weighted by Gasteiger charge is 2.28. The fourth-order valence-corrected chi connectivity index (χ4v) is 5.00. The van der Waals surface area contributed by atoms with Gasteiger partial charge >= 0.3 is 7.82 Å². The van der Waals surface area contributed by atoms with E-state index in [1.165, 1.54) is 0 Å². The van der Waals surface area contributed by atoms with E-state index in [-0.39, 0.29) is 19.1 Å². The quantitative estimate of drug-likeness (QED) is 0.0301. The Morgan fingerprint density at radius 1 is 0.729 bits per heavy atom. The molecule has 0 aromatic rings. The third kappa shape index (κ3) is 32.2. The smallest absolute Gasteiger partial charge is 0.391 e. The maximum absolute atomic E-state index is 12.6. The molecule has 9 heteroatoms. The summed E-state index contributed by atoms with van der Waals surface area (Å²) in [4.78, 5) is 22.7. The second kappa shape index (κ2) is 30.7. The van der Waals surface area contributed by atoms with Crippen molar-refractivity contribution in [1.82, 2.24) is 5.32 Å². The van der Waals surface area contributed by atoms with Crippen LogP contribution in [0.3, 0.4) is 0 Å². The second-order valence-corrected chi connectivity index (χ2v) is 14.3. The minimum atomic E-state index is -4.31. The Kier molecular flexibility index (Phi) is 29.2. The lowest BCUT2D eigenvalue weighted by Gasteiger charge is -2.26. The molecule has 0 saturated carbocycles. The van der Waals surface area contributed by atoms with Crippen LogP contribution in [-0.4, -0.2) is 73.4 Å². The van der Waals surface area contributed by atoms with Gasteiger partial charge in [-0.05, 0) is 64.2 Å². The number of phosphoric ester groups is 1. The van der Waals surface area contributed by atoms with Crippen LogP contribution in [0.4, 0.5) is 0 Å². The number of nitrogens with zero attached hydrogens (tertiary/aromatic N) is 1. The first-order valence-electron chi connectivity index (χ1n) is 18.0. The molecule has 0 spiro atoms. The molecule has 1 amide bonds. The van der Waals surface area contributed by atoms with Crippen molar-refractivity contribution in [2.24, 2.45) is 0 Å². The van der Waals surface area contributed by atoms with Crippen molar-refractivity contribution in [2.75, 3.05) is 40.9 Å². The van der Waals surface area contributed by atoms with Crippen molar-refractivity contribution in [1.29, 1.82) is 0 Å². The van der Waals surface area contributed by atoms with E-state index in [0.29, 0.717) is 30.3 Å². The van der Waals surface area contributed by atoms with Gasteiger partial charge in [-0.25, -0.2) is 4.57 Å². The molecule has 0 radical (unpaired) electrons. The molecule has 0 aromatic carbocycles. The summed E-state index contributed by atoms with van der Waals surface area (Å²) in [6.45, 7) is 4.51.